The Morgan fingerprint density at radius 1 is 1.53 bits per heavy atom. The molecule has 3 rings (SSSR count). The van der Waals surface area contributed by atoms with Crippen LogP contribution in [-0.4, -0.2) is 32.6 Å². The van der Waals surface area contributed by atoms with E-state index < -0.39 is 5.41 Å². The van der Waals surface area contributed by atoms with Crippen molar-refractivity contribution in [3.05, 3.63) is 18.3 Å². The van der Waals surface area contributed by atoms with E-state index >= 15 is 0 Å². The summed E-state index contributed by atoms with van der Waals surface area (Å²) in [6, 6.07) is 0. The van der Waals surface area contributed by atoms with E-state index in [0.29, 0.717) is 17.5 Å². The molecule has 0 aromatic carbocycles. The summed E-state index contributed by atoms with van der Waals surface area (Å²) in [6.45, 7) is 0. The van der Waals surface area contributed by atoms with Crippen LogP contribution in [-0.2, 0) is 17.3 Å². The molecular weight excluding hydrogens is 246 g/mol. The van der Waals surface area contributed by atoms with Gasteiger partial charge in [0.05, 0.1) is 0 Å². The minimum Gasteiger partial charge on any atom is -0.358 e. The molecule has 0 saturated heterocycles. The molecule has 1 aliphatic rings. The Balaban J connectivity index is 1.97. The number of aromatic nitrogens is 4. The van der Waals surface area contributed by atoms with Crippen LogP contribution in [0.4, 0.5) is 0 Å². The van der Waals surface area contributed by atoms with Crippen LogP contribution in [0.1, 0.15) is 25.2 Å². The van der Waals surface area contributed by atoms with E-state index in [1.54, 1.807) is 13.2 Å². The number of aryl methyl sites for hydroxylation is 1. The van der Waals surface area contributed by atoms with Gasteiger partial charge in [-0.15, -0.1) is 0 Å². The molecule has 100 valence electrons. The van der Waals surface area contributed by atoms with E-state index in [1.807, 2.05) is 17.8 Å². The zero-order chi connectivity index (χ0) is 13.5. The second-order valence-corrected chi connectivity index (χ2v) is 4.80. The topological polar surface area (TPSA) is 85.8 Å². The minimum atomic E-state index is -0.648. The van der Waals surface area contributed by atoms with E-state index in [0.717, 1.165) is 19.3 Å². The molecule has 2 aromatic rings. The van der Waals surface area contributed by atoms with Gasteiger partial charge in [-0.1, -0.05) is 11.6 Å². The number of carbonyl (C=O) groups is 1. The van der Waals surface area contributed by atoms with Crippen LogP contribution in [0.3, 0.4) is 0 Å². The Bertz CT molecular complexity index is 611. The van der Waals surface area contributed by atoms with E-state index in [-0.39, 0.29) is 5.91 Å². The van der Waals surface area contributed by atoms with E-state index in [9.17, 15) is 4.79 Å². The molecule has 2 aromatic heterocycles. The lowest BCUT2D eigenvalue weighted by Gasteiger charge is -2.35. The lowest BCUT2D eigenvalue weighted by molar-refractivity contribution is -0.130. The molecule has 0 unspecified atom stereocenters. The lowest BCUT2D eigenvalue weighted by Crippen LogP contribution is -2.48. The van der Waals surface area contributed by atoms with Gasteiger partial charge in [-0.3, -0.25) is 4.79 Å². The smallest absolute Gasteiger partial charge is 0.242 e. The molecule has 7 heteroatoms. The van der Waals surface area contributed by atoms with Crippen LogP contribution >= 0.6 is 0 Å². The average molecular weight is 261 g/mol. The fourth-order valence-electron chi connectivity index (χ4n) is 2.40. The number of rotatable bonds is 3. The van der Waals surface area contributed by atoms with Gasteiger partial charge in [-0.2, -0.15) is 4.98 Å². The number of likely N-dealkylation sites (N-methyl/N-ethyl adjacent to an activating group) is 1. The monoisotopic (exact) mass is 261 g/mol. The van der Waals surface area contributed by atoms with Crippen LogP contribution in [0.2, 0.25) is 0 Å². The predicted octanol–water partition coefficient (Wildman–Crippen LogP) is 0.638. The van der Waals surface area contributed by atoms with E-state index in [1.165, 1.54) is 0 Å². The molecular formula is C12H15N5O2. The van der Waals surface area contributed by atoms with Crippen LogP contribution in [0.5, 0.6) is 0 Å². The minimum absolute atomic E-state index is 0.0613. The zero-order valence-corrected chi connectivity index (χ0v) is 10.9. The summed E-state index contributed by atoms with van der Waals surface area (Å²) in [5, 5.41) is 6.61. The zero-order valence-electron chi connectivity index (χ0n) is 10.9. The summed E-state index contributed by atoms with van der Waals surface area (Å²) in [7, 11) is 3.48. The quantitative estimate of drug-likeness (QED) is 0.876. The first-order chi connectivity index (χ1) is 9.17. The first-order valence-corrected chi connectivity index (χ1v) is 6.21. The number of nitrogens with one attached hydrogen (secondary N) is 1. The number of carbonyl (C=O) groups excluding carboxylic acids is 1. The third-order valence-corrected chi connectivity index (χ3v) is 3.73. The predicted molar refractivity (Wildman–Crippen MR) is 66.1 cm³/mol. The van der Waals surface area contributed by atoms with Crippen molar-refractivity contribution >= 4 is 5.91 Å². The third kappa shape index (κ3) is 1.65. The second kappa shape index (κ2) is 4.18. The molecule has 1 saturated carbocycles. The molecule has 1 amide bonds. The van der Waals surface area contributed by atoms with Crippen LogP contribution in [0.25, 0.3) is 11.6 Å². The Labute approximate surface area is 110 Å². The molecule has 2 heterocycles. The Morgan fingerprint density at radius 2 is 2.32 bits per heavy atom. The van der Waals surface area contributed by atoms with Gasteiger partial charge in [-0.25, -0.2) is 4.98 Å². The molecule has 0 atom stereocenters. The molecule has 0 spiro atoms. The maximum absolute atomic E-state index is 12.0. The number of amides is 1. The lowest BCUT2D eigenvalue weighted by atomic mass is 9.68. The van der Waals surface area contributed by atoms with Gasteiger partial charge in [0.15, 0.2) is 5.82 Å². The van der Waals surface area contributed by atoms with Crippen molar-refractivity contribution in [3.8, 4) is 11.6 Å². The Hall–Kier alpha value is -2.18. The van der Waals surface area contributed by atoms with Crippen molar-refractivity contribution in [3.63, 3.8) is 0 Å². The highest BCUT2D eigenvalue weighted by atomic mass is 16.5. The van der Waals surface area contributed by atoms with Gasteiger partial charge in [0.25, 0.3) is 0 Å². The van der Waals surface area contributed by atoms with Gasteiger partial charge in [0.1, 0.15) is 5.41 Å². The van der Waals surface area contributed by atoms with E-state index in [2.05, 4.69) is 20.4 Å². The molecule has 1 aliphatic carbocycles. The molecule has 1 fully saturated rings. The number of hydrogen-bond acceptors (Lipinski definition) is 5. The summed E-state index contributed by atoms with van der Waals surface area (Å²) in [4.78, 5) is 20.5. The van der Waals surface area contributed by atoms with Crippen molar-refractivity contribution in [2.24, 2.45) is 7.05 Å². The van der Waals surface area contributed by atoms with Gasteiger partial charge >= 0.3 is 0 Å². The molecule has 7 nitrogen and oxygen atoms in total. The molecule has 1 N–H and O–H groups in total. The molecule has 0 radical (unpaired) electrons. The van der Waals surface area contributed by atoms with Crippen molar-refractivity contribution < 1.29 is 9.32 Å². The Morgan fingerprint density at radius 3 is 2.84 bits per heavy atom. The summed E-state index contributed by atoms with van der Waals surface area (Å²) < 4.78 is 7.11. The summed E-state index contributed by atoms with van der Waals surface area (Å²) >= 11 is 0. The van der Waals surface area contributed by atoms with Crippen molar-refractivity contribution in [1.82, 2.24) is 25.0 Å². The first kappa shape index (κ1) is 11.9. The number of hydrogen-bond donors (Lipinski definition) is 1. The van der Waals surface area contributed by atoms with Gasteiger partial charge in [0.2, 0.25) is 17.6 Å². The summed E-state index contributed by atoms with van der Waals surface area (Å²) in [5.41, 5.74) is -0.648. The standard InChI is InChI=1S/C12H15N5O2/c1-13-10(18)12(4-3-5-12)11-15-8(16-19-11)9-14-6-7-17(9)2/h6-7H,3-5H2,1-2H3,(H,13,18). The van der Waals surface area contributed by atoms with Crippen molar-refractivity contribution in [2.45, 2.75) is 24.7 Å². The van der Waals surface area contributed by atoms with Crippen molar-refractivity contribution in [1.29, 1.82) is 0 Å². The van der Waals surface area contributed by atoms with Crippen LogP contribution in [0.15, 0.2) is 16.9 Å². The fourth-order valence-corrected chi connectivity index (χ4v) is 2.40. The van der Waals surface area contributed by atoms with Crippen LogP contribution < -0.4 is 5.32 Å². The molecule has 0 bridgehead atoms. The summed E-state index contributed by atoms with van der Waals surface area (Å²) in [6.07, 6.45) is 5.96. The first-order valence-electron chi connectivity index (χ1n) is 6.21. The second-order valence-electron chi connectivity index (χ2n) is 4.80. The highest BCUT2D eigenvalue weighted by Crippen LogP contribution is 2.43. The van der Waals surface area contributed by atoms with Crippen molar-refractivity contribution in [2.75, 3.05) is 7.05 Å². The van der Waals surface area contributed by atoms with Gasteiger partial charge in [0, 0.05) is 26.5 Å². The largest absolute Gasteiger partial charge is 0.358 e. The Kier molecular flexibility index (Phi) is 2.62. The highest BCUT2D eigenvalue weighted by Gasteiger charge is 2.50. The maximum Gasteiger partial charge on any atom is 0.242 e. The highest BCUT2D eigenvalue weighted by molar-refractivity contribution is 5.87. The molecule has 19 heavy (non-hydrogen) atoms. The normalized spacial score (nSPS) is 16.9. The average Bonchev–Trinajstić information content (AvgIpc) is 2.96. The number of nitrogens with zero attached hydrogens (tertiary/aromatic N) is 4. The summed E-state index contributed by atoms with van der Waals surface area (Å²) in [5.74, 6) is 1.36. The maximum atomic E-state index is 12.0. The van der Waals surface area contributed by atoms with E-state index in [4.69, 9.17) is 4.52 Å². The van der Waals surface area contributed by atoms with Crippen LogP contribution in [0, 0.1) is 0 Å². The van der Waals surface area contributed by atoms with Gasteiger partial charge in [-0.05, 0) is 12.8 Å². The number of imidazole rings is 1. The molecule has 0 aliphatic heterocycles. The third-order valence-electron chi connectivity index (χ3n) is 3.73. The fraction of sp³-hybridized carbons (Fsp3) is 0.500. The van der Waals surface area contributed by atoms with Gasteiger partial charge < -0.3 is 14.4 Å². The SMILES string of the molecule is CNC(=O)C1(c2nc(-c3nccn3C)no2)CCC1.